The van der Waals surface area contributed by atoms with Gasteiger partial charge in [0, 0.05) is 6.20 Å². The van der Waals surface area contributed by atoms with Gasteiger partial charge in [-0.05, 0) is 31.2 Å². The topological polar surface area (TPSA) is 73.6 Å². The van der Waals surface area contributed by atoms with Gasteiger partial charge in [-0.25, -0.2) is 9.48 Å². The predicted octanol–water partition coefficient (Wildman–Crippen LogP) is 1.80. The molecule has 0 unspecified atom stereocenters. The highest BCUT2D eigenvalue weighted by molar-refractivity contribution is 5.88. The zero-order valence-corrected chi connectivity index (χ0v) is 10.4. The number of carbonyl (C=O) groups excluding carboxylic acids is 1. The molecular weight excluding hydrogens is 248 g/mol. The van der Waals surface area contributed by atoms with Crippen LogP contribution in [0.3, 0.4) is 0 Å². The fourth-order valence-electron chi connectivity index (χ4n) is 1.44. The van der Waals surface area contributed by atoms with Gasteiger partial charge in [0.2, 0.25) is 0 Å². The first-order valence-electron chi connectivity index (χ1n) is 5.80. The molecule has 100 valence electrons. The molecule has 1 aromatic carbocycles. The molecule has 6 heteroatoms. The summed E-state index contributed by atoms with van der Waals surface area (Å²) in [7, 11) is 0. The van der Waals surface area contributed by atoms with Crippen molar-refractivity contribution in [3.8, 4) is 11.5 Å². The number of aromatic hydroxyl groups is 1. The van der Waals surface area contributed by atoms with Gasteiger partial charge >= 0.3 is 5.97 Å². The summed E-state index contributed by atoms with van der Waals surface area (Å²) in [5.41, 5.74) is 0.385. The van der Waals surface area contributed by atoms with E-state index >= 15 is 0 Å². The Morgan fingerprint density at radius 3 is 2.79 bits per heavy atom. The molecule has 0 saturated heterocycles. The number of phenols is 1. The number of hydrogen-bond acceptors (Lipinski definition) is 5. The van der Waals surface area contributed by atoms with Crippen LogP contribution in [0.15, 0.2) is 36.7 Å². The van der Waals surface area contributed by atoms with Crippen molar-refractivity contribution in [2.75, 3.05) is 6.61 Å². The van der Waals surface area contributed by atoms with Crippen molar-refractivity contribution < 1.29 is 19.4 Å². The summed E-state index contributed by atoms with van der Waals surface area (Å²) in [6, 6.07) is 6.35. The molecule has 0 saturated carbocycles. The van der Waals surface area contributed by atoms with Crippen molar-refractivity contribution in [1.82, 2.24) is 9.78 Å². The molecule has 0 spiro atoms. The number of aromatic nitrogens is 2. The van der Waals surface area contributed by atoms with Gasteiger partial charge in [-0.15, -0.1) is 0 Å². The lowest BCUT2D eigenvalue weighted by atomic mass is 10.3. The Morgan fingerprint density at radius 2 is 2.11 bits per heavy atom. The Morgan fingerprint density at radius 1 is 1.37 bits per heavy atom. The molecule has 0 atom stereocenters. The van der Waals surface area contributed by atoms with E-state index in [1.54, 1.807) is 25.3 Å². The number of benzene rings is 1. The highest BCUT2D eigenvalue weighted by atomic mass is 16.5. The molecular formula is C13H14N2O4. The number of rotatable bonds is 5. The van der Waals surface area contributed by atoms with Gasteiger partial charge < -0.3 is 14.6 Å². The van der Waals surface area contributed by atoms with Gasteiger partial charge in [0.05, 0.1) is 18.4 Å². The van der Waals surface area contributed by atoms with Crippen LogP contribution in [0.5, 0.6) is 11.5 Å². The Labute approximate surface area is 110 Å². The molecule has 0 fully saturated rings. The third-order valence-electron chi connectivity index (χ3n) is 2.34. The molecule has 0 amide bonds. The van der Waals surface area contributed by atoms with Crippen molar-refractivity contribution in [1.29, 1.82) is 0 Å². The van der Waals surface area contributed by atoms with Crippen LogP contribution in [-0.2, 0) is 11.5 Å². The van der Waals surface area contributed by atoms with Gasteiger partial charge in [0.1, 0.15) is 11.5 Å². The van der Waals surface area contributed by atoms with Crippen LogP contribution in [0.4, 0.5) is 0 Å². The number of nitrogens with zero attached hydrogens (tertiary/aromatic N) is 2. The minimum absolute atomic E-state index is 0.171. The molecule has 0 aliphatic carbocycles. The summed E-state index contributed by atoms with van der Waals surface area (Å²) < 4.78 is 11.8. The molecule has 0 bridgehead atoms. The first-order chi connectivity index (χ1) is 9.19. The lowest BCUT2D eigenvalue weighted by Crippen LogP contribution is -2.06. The molecule has 1 N–H and O–H groups in total. The summed E-state index contributed by atoms with van der Waals surface area (Å²) in [6.45, 7) is 2.24. The zero-order chi connectivity index (χ0) is 13.7. The SMILES string of the molecule is CCOC(=O)c1cnn(COc2ccc(O)cc2)c1. The van der Waals surface area contributed by atoms with Gasteiger partial charge in [0.15, 0.2) is 6.73 Å². The monoisotopic (exact) mass is 262 g/mol. The second-order valence-corrected chi connectivity index (χ2v) is 3.76. The van der Waals surface area contributed by atoms with E-state index in [4.69, 9.17) is 14.6 Å². The van der Waals surface area contributed by atoms with E-state index in [1.807, 2.05) is 0 Å². The number of phenolic OH excluding ortho intramolecular Hbond substituents is 1. The van der Waals surface area contributed by atoms with E-state index in [0.717, 1.165) is 0 Å². The average molecular weight is 262 g/mol. The average Bonchev–Trinajstić information content (AvgIpc) is 2.87. The minimum Gasteiger partial charge on any atom is -0.508 e. The maximum atomic E-state index is 11.4. The van der Waals surface area contributed by atoms with E-state index in [2.05, 4.69) is 5.10 Å². The van der Waals surface area contributed by atoms with E-state index in [9.17, 15) is 4.79 Å². The molecule has 2 aromatic rings. The van der Waals surface area contributed by atoms with E-state index in [-0.39, 0.29) is 12.5 Å². The van der Waals surface area contributed by atoms with Gasteiger partial charge in [0.25, 0.3) is 0 Å². The smallest absolute Gasteiger partial charge is 0.341 e. The molecule has 2 rings (SSSR count). The van der Waals surface area contributed by atoms with Crippen molar-refractivity contribution in [2.45, 2.75) is 13.7 Å². The van der Waals surface area contributed by atoms with Crippen LogP contribution in [-0.4, -0.2) is 27.5 Å². The lowest BCUT2D eigenvalue weighted by Gasteiger charge is -2.05. The molecule has 6 nitrogen and oxygen atoms in total. The molecule has 0 radical (unpaired) electrons. The number of ether oxygens (including phenoxy) is 2. The molecule has 1 aromatic heterocycles. The van der Waals surface area contributed by atoms with E-state index in [0.29, 0.717) is 17.9 Å². The number of hydrogen-bond donors (Lipinski definition) is 1. The van der Waals surface area contributed by atoms with Crippen molar-refractivity contribution in [3.05, 3.63) is 42.2 Å². The molecule has 1 heterocycles. The molecule has 0 aliphatic rings. The fourth-order valence-corrected chi connectivity index (χ4v) is 1.44. The summed E-state index contributed by atoms with van der Waals surface area (Å²) in [6.07, 6.45) is 2.98. The second-order valence-electron chi connectivity index (χ2n) is 3.76. The van der Waals surface area contributed by atoms with Crippen molar-refractivity contribution in [3.63, 3.8) is 0 Å². The third kappa shape index (κ3) is 3.48. The van der Waals surface area contributed by atoms with Crippen molar-refractivity contribution in [2.24, 2.45) is 0 Å². The van der Waals surface area contributed by atoms with Crippen molar-refractivity contribution >= 4 is 5.97 Å². The number of esters is 1. The fraction of sp³-hybridized carbons (Fsp3) is 0.231. The normalized spacial score (nSPS) is 10.2. The van der Waals surface area contributed by atoms with Crippen LogP contribution in [0.1, 0.15) is 17.3 Å². The quantitative estimate of drug-likeness (QED) is 0.832. The van der Waals surface area contributed by atoms with E-state index in [1.165, 1.54) is 23.0 Å². The van der Waals surface area contributed by atoms with Crippen LogP contribution in [0, 0.1) is 0 Å². The Hall–Kier alpha value is -2.50. The van der Waals surface area contributed by atoms with Gasteiger partial charge in [-0.1, -0.05) is 0 Å². The largest absolute Gasteiger partial charge is 0.508 e. The second kappa shape index (κ2) is 5.90. The maximum Gasteiger partial charge on any atom is 0.341 e. The maximum absolute atomic E-state index is 11.4. The van der Waals surface area contributed by atoms with Crippen LogP contribution >= 0.6 is 0 Å². The predicted molar refractivity (Wildman–Crippen MR) is 66.9 cm³/mol. The standard InChI is InChI=1S/C13H14N2O4/c1-2-18-13(17)10-7-14-15(8-10)9-19-12-5-3-11(16)4-6-12/h3-8,16H,2,9H2,1H3. The van der Waals surface area contributed by atoms with Gasteiger partial charge in [-0.3, -0.25) is 0 Å². The summed E-state index contributed by atoms with van der Waals surface area (Å²) in [4.78, 5) is 11.4. The first kappa shape index (κ1) is 12.9. The Bertz CT molecular complexity index is 548. The molecule has 0 aliphatic heterocycles. The minimum atomic E-state index is -0.404. The zero-order valence-electron chi connectivity index (χ0n) is 10.4. The van der Waals surface area contributed by atoms with Crippen LogP contribution in [0.2, 0.25) is 0 Å². The van der Waals surface area contributed by atoms with E-state index < -0.39 is 5.97 Å². The summed E-state index contributed by atoms with van der Waals surface area (Å²) in [5, 5.41) is 13.1. The third-order valence-corrected chi connectivity index (χ3v) is 2.34. The Balaban J connectivity index is 1.93. The highest BCUT2D eigenvalue weighted by Gasteiger charge is 2.09. The lowest BCUT2D eigenvalue weighted by molar-refractivity contribution is 0.0526. The summed E-state index contributed by atoms with van der Waals surface area (Å²) >= 11 is 0. The molecule has 19 heavy (non-hydrogen) atoms. The van der Waals surface area contributed by atoms with Gasteiger partial charge in [-0.2, -0.15) is 5.10 Å². The number of carbonyl (C=O) groups is 1. The highest BCUT2D eigenvalue weighted by Crippen LogP contribution is 2.16. The Kier molecular flexibility index (Phi) is 4.02. The first-order valence-corrected chi connectivity index (χ1v) is 5.80. The van der Waals surface area contributed by atoms with Crippen LogP contribution < -0.4 is 4.74 Å². The van der Waals surface area contributed by atoms with Crippen LogP contribution in [0.25, 0.3) is 0 Å². The summed E-state index contributed by atoms with van der Waals surface area (Å²) in [5.74, 6) is 0.375.